The number of rotatable bonds is 9. The van der Waals surface area contributed by atoms with Gasteiger partial charge in [0.15, 0.2) is 0 Å². The number of furan rings is 1. The summed E-state index contributed by atoms with van der Waals surface area (Å²) >= 11 is 0. The highest BCUT2D eigenvalue weighted by molar-refractivity contribution is 5.81. The molecule has 118 valence electrons. The van der Waals surface area contributed by atoms with Crippen molar-refractivity contribution in [3.8, 4) is 5.75 Å². The van der Waals surface area contributed by atoms with Crippen LogP contribution < -0.4 is 15.4 Å². The van der Waals surface area contributed by atoms with Crippen molar-refractivity contribution in [1.82, 2.24) is 5.32 Å². The zero-order chi connectivity index (χ0) is 15.6. The van der Waals surface area contributed by atoms with Crippen LogP contribution in [-0.2, 0) is 11.3 Å². The van der Waals surface area contributed by atoms with Crippen molar-refractivity contribution in [2.45, 2.75) is 26.3 Å². The van der Waals surface area contributed by atoms with E-state index in [1.54, 1.807) is 12.3 Å². The van der Waals surface area contributed by atoms with Crippen LogP contribution in [0.1, 0.15) is 25.5 Å². The topological polar surface area (TPSA) is 63.5 Å². The second-order valence-electron chi connectivity index (χ2n) is 4.91. The van der Waals surface area contributed by atoms with Gasteiger partial charge in [0.25, 0.3) is 0 Å². The van der Waals surface area contributed by atoms with Crippen molar-refractivity contribution in [3.05, 3.63) is 48.4 Å². The summed E-state index contributed by atoms with van der Waals surface area (Å²) in [6, 6.07) is 11.3. The number of carbonyl (C=O) groups excluding carboxylic acids is 1. The van der Waals surface area contributed by atoms with Crippen molar-refractivity contribution in [2.75, 3.05) is 18.5 Å². The van der Waals surface area contributed by atoms with Gasteiger partial charge in [-0.3, -0.25) is 4.79 Å². The van der Waals surface area contributed by atoms with Gasteiger partial charge in [0.2, 0.25) is 5.91 Å². The monoisotopic (exact) mass is 302 g/mol. The van der Waals surface area contributed by atoms with Gasteiger partial charge in [-0.15, -0.1) is 0 Å². The van der Waals surface area contributed by atoms with Crippen LogP contribution >= 0.6 is 0 Å². The van der Waals surface area contributed by atoms with E-state index < -0.39 is 0 Å². The SMILES string of the molecule is CCCCOc1ccccc1NCC(=O)NCc1ccco1. The van der Waals surface area contributed by atoms with E-state index in [-0.39, 0.29) is 12.5 Å². The lowest BCUT2D eigenvalue weighted by atomic mass is 10.3. The van der Waals surface area contributed by atoms with Gasteiger partial charge in [0, 0.05) is 0 Å². The molecule has 2 aromatic rings. The molecule has 0 saturated heterocycles. The Morgan fingerprint density at radius 2 is 2.09 bits per heavy atom. The summed E-state index contributed by atoms with van der Waals surface area (Å²) < 4.78 is 10.9. The molecule has 22 heavy (non-hydrogen) atoms. The maximum atomic E-state index is 11.8. The van der Waals surface area contributed by atoms with E-state index in [1.807, 2.05) is 30.3 Å². The molecule has 0 bridgehead atoms. The van der Waals surface area contributed by atoms with Crippen molar-refractivity contribution < 1.29 is 13.9 Å². The number of benzene rings is 1. The average molecular weight is 302 g/mol. The molecule has 0 saturated carbocycles. The summed E-state index contributed by atoms with van der Waals surface area (Å²) in [7, 11) is 0. The summed E-state index contributed by atoms with van der Waals surface area (Å²) in [4.78, 5) is 11.8. The number of carbonyl (C=O) groups is 1. The second-order valence-corrected chi connectivity index (χ2v) is 4.91. The lowest BCUT2D eigenvalue weighted by Crippen LogP contribution is -2.29. The molecule has 1 amide bonds. The molecule has 0 aliphatic carbocycles. The van der Waals surface area contributed by atoms with Crippen molar-refractivity contribution >= 4 is 11.6 Å². The maximum absolute atomic E-state index is 11.8. The molecule has 2 N–H and O–H groups in total. The molecule has 0 aliphatic rings. The van der Waals surface area contributed by atoms with Crippen LogP contribution in [0.4, 0.5) is 5.69 Å². The van der Waals surface area contributed by atoms with Gasteiger partial charge in [0.1, 0.15) is 11.5 Å². The van der Waals surface area contributed by atoms with Crippen LogP contribution in [0, 0.1) is 0 Å². The van der Waals surface area contributed by atoms with Crippen LogP contribution in [0.3, 0.4) is 0 Å². The van der Waals surface area contributed by atoms with Crippen LogP contribution in [0.2, 0.25) is 0 Å². The van der Waals surface area contributed by atoms with E-state index in [1.165, 1.54) is 0 Å². The Kier molecular flexibility index (Phi) is 6.36. The van der Waals surface area contributed by atoms with Crippen LogP contribution in [0.25, 0.3) is 0 Å². The van der Waals surface area contributed by atoms with Crippen molar-refractivity contribution in [2.24, 2.45) is 0 Å². The first-order valence-corrected chi connectivity index (χ1v) is 7.54. The third-order valence-corrected chi connectivity index (χ3v) is 3.12. The molecule has 0 aliphatic heterocycles. The first-order valence-electron chi connectivity index (χ1n) is 7.54. The standard InChI is InChI=1S/C17H22N2O3/c1-2-3-10-22-16-9-5-4-8-15(16)18-13-17(20)19-12-14-7-6-11-21-14/h4-9,11,18H,2-3,10,12-13H2,1H3,(H,19,20). The van der Waals surface area contributed by atoms with Gasteiger partial charge < -0.3 is 19.8 Å². The molecule has 1 heterocycles. The minimum atomic E-state index is -0.0974. The van der Waals surface area contributed by atoms with Gasteiger partial charge in [0.05, 0.1) is 31.6 Å². The lowest BCUT2D eigenvalue weighted by molar-refractivity contribution is -0.119. The van der Waals surface area contributed by atoms with Gasteiger partial charge in [-0.2, -0.15) is 0 Å². The predicted octanol–water partition coefficient (Wildman–Crippen LogP) is 3.19. The Balaban J connectivity index is 1.79. The Bertz CT molecular complexity index is 567. The second kappa shape index (κ2) is 8.77. The number of nitrogens with one attached hydrogen (secondary N) is 2. The van der Waals surface area contributed by atoms with Crippen molar-refractivity contribution in [1.29, 1.82) is 0 Å². The molecule has 1 aromatic heterocycles. The molecular formula is C17H22N2O3. The fraction of sp³-hybridized carbons (Fsp3) is 0.353. The van der Waals surface area contributed by atoms with Crippen molar-refractivity contribution in [3.63, 3.8) is 0 Å². The molecule has 0 spiro atoms. The summed E-state index contributed by atoms with van der Waals surface area (Å²) in [5.74, 6) is 1.41. The third-order valence-electron chi connectivity index (χ3n) is 3.12. The Labute approximate surface area is 130 Å². The largest absolute Gasteiger partial charge is 0.491 e. The smallest absolute Gasteiger partial charge is 0.239 e. The van der Waals surface area contributed by atoms with Crippen LogP contribution in [-0.4, -0.2) is 19.1 Å². The van der Waals surface area contributed by atoms with Gasteiger partial charge in [-0.25, -0.2) is 0 Å². The molecule has 5 heteroatoms. The number of hydrogen-bond donors (Lipinski definition) is 2. The van der Waals surface area contributed by atoms with E-state index in [0.717, 1.165) is 30.0 Å². The average Bonchev–Trinajstić information content (AvgIpc) is 3.05. The van der Waals surface area contributed by atoms with Gasteiger partial charge in [-0.05, 0) is 30.7 Å². The number of unbranched alkanes of at least 4 members (excludes halogenated alkanes) is 1. The van der Waals surface area contributed by atoms with Crippen LogP contribution in [0.5, 0.6) is 5.75 Å². The quantitative estimate of drug-likeness (QED) is 0.698. The number of para-hydroxylation sites is 2. The Hall–Kier alpha value is -2.43. The summed E-state index contributed by atoms with van der Waals surface area (Å²) in [6.45, 7) is 3.38. The van der Waals surface area contributed by atoms with E-state index in [9.17, 15) is 4.79 Å². The molecule has 0 radical (unpaired) electrons. The number of hydrogen-bond acceptors (Lipinski definition) is 4. The molecular weight excluding hydrogens is 280 g/mol. The number of ether oxygens (including phenoxy) is 1. The fourth-order valence-electron chi connectivity index (χ4n) is 1.90. The van der Waals surface area contributed by atoms with E-state index in [0.29, 0.717) is 13.2 Å². The Morgan fingerprint density at radius 3 is 2.86 bits per heavy atom. The zero-order valence-electron chi connectivity index (χ0n) is 12.8. The normalized spacial score (nSPS) is 10.2. The highest BCUT2D eigenvalue weighted by Crippen LogP contribution is 2.23. The molecule has 5 nitrogen and oxygen atoms in total. The molecule has 1 aromatic carbocycles. The minimum Gasteiger partial charge on any atom is -0.491 e. The van der Waals surface area contributed by atoms with E-state index in [4.69, 9.17) is 9.15 Å². The number of amides is 1. The molecule has 0 unspecified atom stereocenters. The fourth-order valence-corrected chi connectivity index (χ4v) is 1.90. The maximum Gasteiger partial charge on any atom is 0.239 e. The summed E-state index contributed by atoms with van der Waals surface area (Å²) in [6.07, 6.45) is 3.69. The van der Waals surface area contributed by atoms with E-state index >= 15 is 0 Å². The zero-order valence-corrected chi connectivity index (χ0v) is 12.8. The summed E-state index contributed by atoms with van der Waals surface area (Å²) in [5.41, 5.74) is 0.826. The lowest BCUT2D eigenvalue weighted by Gasteiger charge is -2.12. The molecule has 0 fully saturated rings. The van der Waals surface area contributed by atoms with Gasteiger partial charge >= 0.3 is 0 Å². The molecule has 2 rings (SSSR count). The summed E-state index contributed by atoms with van der Waals surface area (Å²) in [5, 5.41) is 5.89. The highest BCUT2D eigenvalue weighted by atomic mass is 16.5. The third kappa shape index (κ3) is 5.16. The predicted molar refractivity (Wildman–Crippen MR) is 85.9 cm³/mol. The highest BCUT2D eigenvalue weighted by Gasteiger charge is 2.06. The molecule has 0 atom stereocenters. The minimum absolute atomic E-state index is 0.0974. The van der Waals surface area contributed by atoms with E-state index in [2.05, 4.69) is 17.6 Å². The first-order chi connectivity index (χ1) is 10.8. The van der Waals surface area contributed by atoms with Gasteiger partial charge in [-0.1, -0.05) is 25.5 Å². The Morgan fingerprint density at radius 1 is 1.23 bits per heavy atom. The number of anilines is 1. The van der Waals surface area contributed by atoms with Crippen LogP contribution in [0.15, 0.2) is 47.1 Å². The first kappa shape index (κ1) is 15.9.